The largest absolute Gasteiger partial charge is 0.462 e. The Bertz CT molecular complexity index is 1660. The van der Waals surface area contributed by atoms with Gasteiger partial charge in [-0.15, -0.1) is 0 Å². The number of carbonyl (C=O) groups is 3. The van der Waals surface area contributed by atoms with Crippen molar-refractivity contribution in [2.45, 2.75) is 258 Å². The zero-order valence-electron chi connectivity index (χ0n) is 48.3. The summed E-state index contributed by atoms with van der Waals surface area (Å²) in [6.45, 7) is 6.35. The third kappa shape index (κ3) is 60.0. The van der Waals surface area contributed by atoms with Gasteiger partial charge in [0.25, 0.3) is 0 Å². The molecule has 0 aromatic carbocycles. The summed E-state index contributed by atoms with van der Waals surface area (Å²) in [6.07, 6.45) is 88.4. The smallest absolute Gasteiger partial charge is 0.306 e. The molecule has 0 radical (unpaired) electrons. The zero-order chi connectivity index (χ0) is 54.3. The molecule has 75 heavy (non-hydrogen) atoms. The van der Waals surface area contributed by atoms with Crippen molar-refractivity contribution in [2.75, 3.05) is 13.2 Å². The van der Waals surface area contributed by atoms with Gasteiger partial charge in [0.05, 0.1) is 0 Å². The highest BCUT2D eigenvalue weighted by Gasteiger charge is 2.19. The van der Waals surface area contributed by atoms with E-state index in [-0.39, 0.29) is 37.5 Å². The Morgan fingerprint density at radius 3 is 0.840 bits per heavy atom. The molecule has 1 atom stereocenters. The molecule has 0 aliphatic heterocycles. The third-order valence-corrected chi connectivity index (χ3v) is 12.3. The first-order valence-electron chi connectivity index (χ1n) is 30.3. The average molecular weight is 1040 g/mol. The molecule has 6 nitrogen and oxygen atoms in total. The van der Waals surface area contributed by atoms with Crippen LogP contribution >= 0.6 is 0 Å². The molecule has 422 valence electrons. The Kier molecular flexibility index (Phi) is 58.0. The van der Waals surface area contributed by atoms with E-state index in [1.54, 1.807) is 0 Å². The number of hydrogen-bond donors (Lipinski definition) is 0. The number of carbonyl (C=O) groups excluding carboxylic acids is 3. The van der Waals surface area contributed by atoms with Crippen molar-refractivity contribution < 1.29 is 28.6 Å². The highest BCUT2D eigenvalue weighted by atomic mass is 16.6. The summed E-state index contributed by atoms with van der Waals surface area (Å²) in [5.74, 6) is -0.979. The highest BCUT2D eigenvalue weighted by molar-refractivity contribution is 5.71. The van der Waals surface area contributed by atoms with Gasteiger partial charge < -0.3 is 14.2 Å². The molecule has 0 heterocycles. The maximum Gasteiger partial charge on any atom is 0.306 e. The van der Waals surface area contributed by atoms with Crippen molar-refractivity contribution in [1.82, 2.24) is 0 Å². The van der Waals surface area contributed by atoms with Gasteiger partial charge in [0.2, 0.25) is 0 Å². The summed E-state index contributed by atoms with van der Waals surface area (Å²) in [5, 5.41) is 0. The molecule has 6 heteroatoms. The lowest BCUT2D eigenvalue weighted by molar-refractivity contribution is -0.167. The molecule has 0 rings (SSSR count). The first-order valence-corrected chi connectivity index (χ1v) is 30.3. The Balaban J connectivity index is 4.53. The predicted octanol–water partition coefficient (Wildman–Crippen LogP) is 20.8. The molecule has 0 N–H and O–H groups in total. The highest BCUT2D eigenvalue weighted by Crippen LogP contribution is 2.13. The van der Waals surface area contributed by atoms with Gasteiger partial charge in [0, 0.05) is 19.3 Å². The van der Waals surface area contributed by atoms with E-state index < -0.39 is 6.10 Å². The lowest BCUT2D eigenvalue weighted by atomic mass is 10.1. The Morgan fingerprint density at radius 2 is 0.520 bits per heavy atom. The van der Waals surface area contributed by atoms with Gasteiger partial charge in [-0.05, 0) is 141 Å². The lowest BCUT2D eigenvalue weighted by Crippen LogP contribution is -2.30. The van der Waals surface area contributed by atoms with Crippen LogP contribution < -0.4 is 0 Å². The van der Waals surface area contributed by atoms with Crippen molar-refractivity contribution in [3.8, 4) is 0 Å². The van der Waals surface area contributed by atoms with Crippen LogP contribution in [0, 0.1) is 0 Å². The van der Waals surface area contributed by atoms with E-state index in [2.05, 4.69) is 167 Å². The summed E-state index contributed by atoms with van der Waals surface area (Å²) in [6, 6.07) is 0. The number of unbranched alkanes of at least 4 members (excludes halogenated alkanes) is 18. The number of esters is 3. The van der Waals surface area contributed by atoms with Gasteiger partial charge in [-0.2, -0.15) is 0 Å². The van der Waals surface area contributed by atoms with Crippen LogP contribution in [0.5, 0.6) is 0 Å². The van der Waals surface area contributed by atoms with Crippen LogP contribution in [0.3, 0.4) is 0 Å². The molecule has 0 aliphatic rings. The van der Waals surface area contributed by atoms with Crippen LogP contribution in [0.25, 0.3) is 0 Å². The van der Waals surface area contributed by atoms with Crippen molar-refractivity contribution in [3.63, 3.8) is 0 Å². The standard InChI is InChI=1S/C69H110O6/c1-4-7-10-13-16-19-22-25-28-30-32-33-34-35-37-38-41-44-47-50-53-56-59-62-68(71)74-65-66(64-73-67(70)61-58-55-52-49-46-43-40-27-24-21-18-15-12-9-6-3)75-69(72)63-60-57-54-51-48-45-42-39-36-31-29-26-23-20-17-14-11-8-5-2/h7-8,10-11,16-17,19-20,25-29,32-33,35-37,39-41,44-45,48,66H,4-6,9,12-15,18,21-24,30-31,34,38,42-43,46-47,49-65H2,1-3H3/b10-7-,11-8-,19-16-,20-17-,28-25-,29-26-,33-32-,37-35-,39-36-,40-27-,44-41-,48-45-. The topological polar surface area (TPSA) is 78.9 Å². The molecule has 0 fully saturated rings. The van der Waals surface area contributed by atoms with Crippen LogP contribution in [0.1, 0.15) is 252 Å². The van der Waals surface area contributed by atoms with Crippen molar-refractivity contribution in [2.24, 2.45) is 0 Å². The van der Waals surface area contributed by atoms with E-state index in [0.717, 1.165) is 154 Å². The number of hydrogen-bond acceptors (Lipinski definition) is 6. The van der Waals surface area contributed by atoms with Crippen LogP contribution in [0.2, 0.25) is 0 Å². The molecule has 0 spiro atoms. The molecule has 0 saturated carbocycles. The Labute approximate surface area is 461 Å². The third-order valence-electron chi connectivity index (χ3n) is 12.3. The summed E-state index contributed by atoms with van der Waals surface area (Å²) in [5.41, 5.74) is 0. The maximum absolute atomic E-state index is 12.9. The second-order valence-electron chi connectivity index (χ2n) is 19.5. The second kappa shape index (κ2) is 61.8. The minimum absolute atomic E-state index is 0.110. The summed E-state index contributed by atoms with van der Waals surface area (Å²) < 4.78 is 16.8. The normalized spacial score (nSPS) is 13.2. The monoisotopic (exact) mass is 1030 g/mol. The molecule has 0 aliphatic carbocycles. The predicted molar refractivity (Wildman–Crippen MR) is 325 cm³/mol. The molecular formula is C69H110O6. The first kappa shape index (κ1) is 70.3. The van der Waals surface area contributed by atoms with Gasteiger partial charge in [0.1, 0.15) is 13.2 Å². The average Bonchev–Trinajstić information content (AvgIpc) is 3.41. The van der Waals surface area contributed by atoms with Crippen LogP contribution in [0.15, 0.2) is 146 Å². The number of allylic oxidation sites excluding steroid dienone is 24. The molecule has 0 amide bonds. The van der Waals surface area contributed by atoms with Crippen molar-refractivity contribution in [1.29, 1.82) is 0 Å². The second-order valence-corrected chi connectivity index (χ2v) is 19.5. The van der Waals surface area contributed by atoms with Crippen LogP contribution in [0.4, 0.5) is 0 Å². The van der Waals surface area contributed by atoms with Gasteiger partial charge >= 0.3 is 17.9 Å². The van der Waals surface area contributed by atoms with E-state index in [4.69, 9.17) is 14.2 Å². The Hall–Kier alpha value is -4.71. The first-order chi connectivity index (χ1) is 37.0. The minimum Gasteiger partial charge on any atom is -0.462 e. The van der Waals surface area contributed by atoms with E-state index in [0.29, 0.717) is 19.3 Å². The van der Waals surface area contributed by atoms with E-state index in [9.17, 15) is 14.4 Å². The van der Waals surface area contributed by atoms with Crippen LogP contribution in [-0.2, 0) is 28.6 Å². The quantitative estimate of drug-likeness (QED) is 0.0261. The number of rotatable bonds is 53. The van der Waals surface area contributed by atoms with Gasteiger partial charge in [0.15, 0.2) is 6.10 Å². The fraction of sp³-hybridized carbons (Fsp3) is 0.609. The molecule has 0 saturated heterocycles. The zero-order valence-corrected chi connectivity index (χ0v) is 48.3. The molecule has 0 aromatic heterocycles. The van der Waals surface area contributed by atoms with E-state index in [1.165, 1.54) is 51.4 Å². The summed E-state index contributed by atoms with van der Waals surface area (Å²) in [4.78, 5) is 38.3. The summed E-state index contributed by atoms with van der Waals surface area (Å²) >= 11 is 0. The van der Waals surface area contributed by atoms with Crippen LogP contribution in [-0.4, -0.2) is 37.2 Å². The fourth-order valence-corrected chi connectivity index (χ4v) is 7.82. The SMILES string of the molecule is CC/C=C\C/C=C\C/C=C\C/C=C\C/C=C\C/C=C\CCCCCCC(=O)OCC(COC(=O)CCCCCCC/C=C\CCCCCCCC)OC(=O)CCCCC/C=C\C/C=C\C/C=C\C/C=C\C/C=C\CC. The van der Waals surface area contributed by atoms with Crippen molar-refractivity contribution >= 4 is 17.9 Å². The van der Waals surface area contributed by atoms with Gasteiger partial charge in [-0.25, -0.2) is 0 Å². The lowest BCUT2D eigenvalue weighted by Gasteiger charge is -2.18. The Morgan fingerprint density at radius 1 is 0.280 bits per heavy atom. The minimum atomic E-state index is -0.817. The van der Waals surface area contributed by atoms with E-state index in [1.807, 2.05) is 0 Å². The maximum atomic E-state index is 12.9. The molecule has 0 bridgehead atoms. The molecule has 1 unspecified atom stereocenters. The van der Waals surface area contributed by atoms with E-state index >= 15 is 0 Å². The van der Waals surface area contributed by atoms with Crippen molar-refractivity contribution in [3.05, 3.63) is 146 Å². The summed E-state index contributed by atoms with van der Waals surface area (Å²) in [7, 11) is 0. The molecule has 0 aromatic rings. The molecular weight excluding hydrogens is 925 g/mol. The fourth-order valence-electron chi connectivity index (χ4n) is 7.82. The number of ether oxygens (including phenoxy) is 3. The van der Waals surface area contributed by atoms with Gasteiger partial charge in [-0.1, -0.05) is 237 Å². The van der Waals surface area contributed by atoms with Gasteiger partial charge in [-0.3, -0.25) is 14.4 Å².